The van der Waals surface area contributed by atoms with E-state index in [0.717, 1.165) is 18.4 Å². The summed E-state index contributed by atoms with van der Waals surface area (Å²) in [5.74, 6) is -0.838. The largest absolute Gasteiger partial charge is 0.481 e. The molecular weight excluding hydrogens is 202 g/mol. The Morgan fingerprint density at radius 3 is 2.38 bits per heavy atom. The Kier molecular flexibility index (Phi) is 4.99. The van der Waals surface area contributed by atoms with E-state index < -0.39 is 5.97 Å². The van der Waals surface area contributed by atoms with Gasteiger partial charge < -0.3 is 10.8 Å². The lowest BCUT2D eigenvalue weighted by molar-refractivity contribution is -0.137. The van der Waals surface area contributed by atoms with E-state index in [0.29, 0.717) is 6.42 Å². The molecule has 0 spiro atoms. The smallest absolute Gasteiger partial charge is 0.304 e. The average molecular weight is 221 g/mol. The molecule has 88 valence electrons. The van der Waals surface area contributed by atoms with Gasteiger partial charge in [0.15, 0.2) is 0 Å². The van der Waals surface area contributed by atoms with Crippen molar-refractivity contribution < 1.29 is 9.90 Å². The van der Waals surface area contributed by atoms with Gasteiger partial charge in [-0.25, -0.2) is 0 Å². The Morgan fingerprint density at radius 2 is 1.88 bits per heavy atom. The molecule has 0 saturated carbocycles. The van der Waals surface area contributed by atoms with Crippen LogP contribution in [0.25, 0.3) is 0 Å². The topological polar surface area (TPSA) is 63.3 Å². The van der Waals surface area contributed by atoms with Crippen molar-refractivity contribution in [2.24, 2.45) is 5.73 Å². The summed E-state index contributed by atoms with van der Waals surface area (Å²) in [5.41, 5.74) is 8.15. The first-order chi connectivity index (χ1) is 7.61. The molecule has 3 nitrogen and oxygen atoms in total. The fourth-order valence-electron chi connectivity index (χ4n) is 1.73. The van der Waals surface area contributed by atoms with Gasteiger partial charge >= 0.3 is 5.97 Å². The number of hydrogen-bond donors (Lipinski definition) is 2. The Morgan fingerprint density at radius 1 is 1.31 bits per heavy atom. The Bertz CT molecular complexity index is 332. The van der Waals surface area contributed by atoms with Crippen LogP contribution in [0.2, 0.25) is 0 Å². The number of aryl methyl sites for hydroxylation is 1. The van der Waals surface area contributed by atoms with E-state index in [-0.39, 0.29) is 12.5 Å². The molecule has 16 heavy (non-hydrogen) atoms. The van der Waals surface area contributed by atoms with Gasteiger partial charge in [0.25, 0.3) is 0 Å². The van der Waals surface area contributed by atoms with Gasteiger partial charge in [-0.05, 0) is 24.0 Å². The van der Waals surface area contributed by atoms with Crippen molar-refractivity contribution in [3.8, 4) is 0 Å². The molecule has 0 aliphatic rings. The van der Waals surface area contributed by atoms with Crippen molar-refractivity contribution in [2.75, 3.05) is 0 Å². The number of hydrogen-bond acceptors (Lipinski definition) is 2. The predicted molar refractivity (Wildman–Crippen MR) is 64.4 cm³/mol. The van der Waals surface area contributed by atoms with Crippen LogP contribution in [0.1, 0.15) is 30.9 Å². The van der Waals surface area contributed by atoms with Crippen molar-refractivity contribution in [1.82, 2.24) is 0 Å². The van der Waals surface area contributed by atoms with Crippen LogP contribution >= 0.6 is 0 Å². The zero-order valence-electron chi connectivity index (χ0n) is 9.65. The summed E-state index contributed by atoms with van der Waals surface area (Å²) >= 11 is 0. The molecule has 3 heteroatoms. The maximum Gasteiger partial charge on any atom is 0.304 e. The van der Waals surface area contributed by atoms with Gasteiger partial charge in [-0.3, -0.25) is 4.79 Å². The lowest BCUT2D eigenvalue weighted by Gasteiger charge is -2.09. The summed E-state index contributed by atoms with van der Waals surface area (Å²) in [7, 11) is 0. The third kappa shape index (κ3) is 4.45. The molecule has 0 fully saturated rings. The Balaban J connectivity index is 2.51. The SMILES string of the molecule is CCCc1ccc(CC(N)CC(=O)O)cc1. The van der Waals surface area contributed by atoms with Gasteiger partial charge in [-0.15, -0.1) is 0 Å². The first-order valence-corrected chi connectivity index (χ1v) is 5.67. The van der Waals surface area contributed by atoms with Crippen molar-refractivity contribution in [1.29, 1.82) is 0 Å². The van der Waals surface area contributed by atoms with Crippen LogP contribution in [0.5, 0.6) is 0 Å². The number of carboxylic acid groups (broad SMARTS) is 1. The highest BCUT2D eigenvalue weighted by molar-refractivity contribution is 5.67. The summed E-state index contributed by atoms with van der Waals surface area (Å²) in [6.07, 6.45) is 2.87. The highest BCUT2D eigenvalue weighted by Crippen LogP contribution is 2.09. The lowest BCUT2D eigenvalue weighted by atomic mass is 10.0. The number of nitrogens with two attached hydrogens (primary N) is 1. The van der Waals surface area contributed by atoms with E-state index in [4.69, 9.17) is 10.8 Å². The number of rotatable bonds is 6. The highest BCUT2D eigenvalue weighted by atomic mass is 16.4. The molecule has 0 aliphatic carbocycles. The Hall–Kier alpha value is -1.35. The van der Waals surface area contributed by atoms with Crippen LogP contribution < -0.4 is 5.73 Å². The van der Waals surface area contributed by atoms with E-state index in [1.54, 1.807) is 0 Å². The molecule has 0 saturated heterocycles. The maximum atomic E-state index is 10.5. The molecule has 0 amide bonds. The second-order valence-electron chi connectivity index (χ2n) is 4.13. The van der Waals surface area contributed by atoms with E-state index in [2.05, 4.69) is 19.1 Å². The van der Waals surface area contributed by atoms with E-state index >= 15 is 0 Å². The lowest BCUT2D eigenvalue weighted by Crippen LogP contribution is -2.26. The van der Waals surface area contributed by atoms with Gasteiger partial charge in [0.1, 0.15) is 0 Å². The fourth-order valence-corrected chi connectivity index (χ4v) is 1.73. The molecule has 3 N–H and O–H groups in total. The molecule has 1 rings (SSSR count). The van der Waals surface area contributed by atoms with Gasteiger partial charge in [0.05, 0.1) is 6.42 Å². The summed E-state index contributed by atoms with van der Waals surface area (Å²) in [5, 5.41) is 8.60. The van der Waals surface area contributed by atoms with Crippen LogP contribution in [0.15, 0.2) is 24.3 Å². The summed E-state index contributed by atoms with van der Waals surface area (Å²) in [4.78, 5) is 10.5. The van der Waals surface area contributed by atoms with Crippen molar-refractivity contribution in [3.05, 3.63) is 35.4 Å². The molecule has 1 unspecified atom stereocenters. The van der Waals surface area contributed by atoms with Crippen LogP contribution in [-0.2, 0) is 17.6 Å². The molecule has 0 aliphatic heterocycles. The Labute approximate surface area is 96.3 Å². The second kappa shape index (κ2) is 6.28. The van der Waals surface area contributed by atoms with Crippen LogP contribution in [0.4, 0.5) is 0 Å². The molecule has 1 aromatic rings. The quantitative estimate of drug-likeness (QED) is 0.772. The summed E-state index contributed by atoms with van der Waals surface area (Å²) in [6.45, 7) is 2.15. The minimum Gasteiger partial charge on any atom is -0.481 e. The molecule has 0 aromatic heterocycles. The average Bonchev–Trinajstić information content (AvgIpc) is 2.20. The number of carboxylic acids is 1. The summed E-state index contributed by atoms with van der Waals surface area (Å²) < 4.78 is 0. The zero-order chi connectivity index (χ0) is 12.0. The van der Waals surface area contributed by atoms with E-state index in [1.165, 1.54) is 5.56 Å². The van der Waals surface area contributed by atoms with E-state index in [1.807, 2.05) is 12.1 Å². The molecule has 1 atom stereocenters. The van der Waals surface area contributed by atoms with Gasteiger partial charge in [0, 0.05) is 6.04 Å². The molecule has 0 heterocycles. The van der Waals surface area contributed by atoms with Gasteiger partial charge in [-0.1, -0.05) is 37.6 Å². The maximum absolute atomic E-state index is 10.5. The van der Waals surface area contributed by atoms with Crippen molar-refractivity contribution in [3.63, 3.8) is 0 Å². The van der Waals surface area contributed by atoms with Crippen molar-refractivity contribution in [2.45, 2.75) is 38.6 Å². The number of carbonyl (C=O) groups is 1. The summed E-state index contributed by atoms with van der Waals surface area (Å²) in [6, 6.07) is 7.95. The standard InChI is InChI=1S/C13H19NO2/c1-2-3-10-4-6-11(7-5-10)8-12(14)9-13(15)16/h4-7,12H,2-3,8-9,14H2,1H3,(H,15,16). The third-order valence-electron chi connectivity index (χ3n) is 2.50. The zero-order valence-corrected chi connectivity index (χ0v) is 9.65. The van der Waals surface area contributed by atoms with Gasteiger partial charge in [-0.2, -0.15) is 0 Å². The fraction of sp³-hybridized carbons (Fsp3) is 0.462. The predicted octanol–water partition coefficient (Wildman–Crippen LogP) is 1.98. The molecular formula is C13H19NO2. The first kappa shape index (κ1) is 12.7. The van der Waals surface area contributed by atoms with Crippen LogP contribution in [0, 0.1) is 0 Å². The molecule has 0 bridgehead atoms. The molecule has 0 radical (unpaired) electrons. The number of aliphatic carboxylic acids is 1. The molecule has 1 aromatic carbocycles. The minimum absolute atomic E-state index is 0.0245. The monoisotopic (exact) mass is 221 g/mol. The van der Waals surface area contributed by atoms with Gasteiger partial charge in [0.2, 0.25) is 0 Å². The highest BCUT2D eigenvalue weighted by Gasteiger charge is 2.08. The second-order valence-corrected chi connectivity index (χ2v) is 4.13. The van der Waals surface area contributed by atoms with Crippen molar-refractivity contribution >= 4 is 5.97 Å². The van der Waals surface area contributed by atoms with Crippen LogP contribution in [-0.4, -0.2) is 17.1 Å². The first-order valence-electron chi connectivity index (χ1n) is 5.67. The third-order valence-corrected chi connectivity index (χ3v) is 2.50. The van der Waals surface area contributed by atoms with E-state index in [9.17, 15) is 4.79 Å². The number of benzene rings is 1. The van der Waals surface area contributed by atoms with Crippen LogP contribution in [0.3, 0.4) is 0 Å². The minimum atomic E-state index is -0.838. The normalized spacial score (nSPS) is 12.4.